The van der Waals surface area contributed by atoms with Gasteiger partial charge in [0.1, 0.15) is 11.4 Å². The number of aromatic nitrogens is 3. The Morgan fingerprint density at radius 1 is 1.05 bits per heavy atom. The van der Waals surface area contributed by atoms with E-state index in [1.54, 1.807) is 4.68 Å². The van der Waals surface area contributed by atoms with Gasteiger partial charge < -0.3 is 10.5 Å². The molecule has 112 valence electrons. The van der Waals surface area contributed by atoms with Crippen LogP contribution < -0.4 is 10.5 Å². The highest BCUT2D eigenvalue weighted by molar-refractivity contribution is 5.71. The summed E-state index contributed by atoms with van der Waals surface area (Å²) in [4.78, 5) is 0. The van der Waals surface area contributed by atoms with E-state index in [2.05, 4.69) is 17.2 Å². The van der Waals surface area contributed by atoms with E-state index in [0.29, 0.717) is 18.1 Å². The summed E-state index contributed by atoms with van der Waals surface area (Å²) in [6.07, 6.45) is 0.986. The number of rotatable bonds is 5. The van der Waals surface area contributed by atoms with Crippen LogP contribution in [0.15, 0.2) is 54.6 Å². The zero-order valence-electron chi connectivity index (χ0n) is 12.4. The highest BCUT2D eigenvalue weighted by Gasteiger charge is 2.12. The monoisotopic (exact) mass is 294 g/mol. The lowest BCUT2D eigenvalue weighted by Crippen LogP contribution is -2.01. The molecule has 5 nitrogen and oxygen atoms in total. The molecule has 0 aliphatic heterocycles. The number of nitrogens with zero attached hydrogens (tertiary/aromatic N) is 3. The van der Waals surface area contributed by atoms with Gasteiger partial charge in [-0.2, -0.15) is 4.68 Å². The fourth-order valence-corrected chi connectivity index (χ4v) is 2.18. The first-order valence-electron chi connectivity index (χ1n) is 7.29. The molecule has 0 aliphatic carbocycles. The molecule has 0 bridgehead atoms. The zero-order valence-corrected chi connectivity index (χ0v) is 12.4. The SMILES string of the molecule is CCCOc1ccc(-c2nnn(-c3ccccc3)c2N)cc1. The molecule has 1 heterocycles. The summed E-state index contributed by atoms with van der Waals surface area (Å²) >= 11 is 0. The summed E-state index contributed by atoms with van der Waals surface area (Å²) in [5.41, 5.74) is 8.67. The Hall–Kier alpha value is -2.82. The van der Waals surface area contributed by atoms with Crippen LogP contribution in [0.1, 0.15) is 13.3 Å². The lowest BCUT2D eigenvalue weighted by molar-refractivity contribution is 0.317. The van der Waals surface area contributed by atoms with Gasteiger partial charge in [0.25, 0.3) is 0 Å². The smallest absolute Gasteiger partial charge is 0.155 e. The van der Waals surface area contributed by atoms with Crippen LogP contribution in [0.2, 0.25) is 0 Å². The molecule has 0 spiro atoms. The fraction of sp³-hybridized carbons (Fsp3) is 0.176. The molecule has 3 aromatic rings. The van der Waals surface area contributed by atoms with Gasteiger partial charge in [0.15, 0.2) is 5.82 Å². The van der Waals surface area contributed by atoms with Gasteiger partial charge in [-0.3, -0.25) is 0 Å². The van der Waals surface area contributed by atoms with Gasteiger partial charge in [0.2, 0.25) is 0 Å². The quantitative estimate of drug-likeness (QED) is 0.784. The predicted molar refractivity (Wildman–Crippen MR) is 87.0 cm³/mol. The molecule has 0 amide bonds. The van der Waals surface area contributed by atoms with Gasteiger partial charge in [0, 0.05) is 5.56 Å². The molecule has 1 aromatic heterocycles. The number of anilines is 1. The van der Waals surface area contributed by atoms with Crippen molar-refractivity contribution in [2.75, 3.05) is 12.3 Å². The Labute approximate surface area is 129 Å². The van der Waals surface area contributed by atoms with Crippen molar-refractivity contribution in [3.8, 4) is 22.7 Å². The lowest BCUT2D eigenvalue weighted by atomic mass is 10.1. The summed E-state index contributed by atoms with van der Waals surface area (Å²) in [6, 6.07) is 17.4. The third-order valence-corrected chi connectivity index (χ3v) is 3.31. The number of nitrogen functional groups attached to an aromatic ring is 1. The normalized spacial score (nSPS) is 10.6. The third-order valence-electron chi connectivity index (χ3n) is 3.31. The van der Waals surface area contributed by atoms with E-state index in [-0.39, 0.29) is 0 Å². The number of hydrogen-bond donors (Lipinski definition) is 1. The molecule has 0 saturated heterocycles. The van der Waals surface area contributed by atoms with Gasteiger partial charge in [-0.15, -0.1) is 5.10 Å². The molecule has 0 unspecified atom stereocenters. The molecule has 5 heteroatoms. The highest BCUT2D eigenvalue weighted by Crippen LogP contribution is 2.26. The molecule has 2 aromatic carbocycles. The molecule has 0 aliphatic rings. The van der Waals surface area contributed by atoms with E-state index < -0.39 is 0 Å². The van der Waals surface area contributed by atoms with Crippen LogP contribution in [-0.2, 0) is 0 Å². The standard InChI is InChI=1S/C17H18N4O/c1-2-12-22-15-10-8-13(9-11-15)16-17(18)21(20-19-16)14-6-4-3-5-7-14/h3-11H,2,12,18H2,1H3. The Kier molecular flexibility index (Phi) is 4.05. The van der Waals surface area contributed by atoms with Gasteiger partial charge in [-0.1, -0.05) is 30.3 Å². The van der Waals surface area contributed by atoms with Gasteiger partial charge in [-0.05, 0) is 42.8 Å². The number of ether oxygens (including phenoxy) is 1. The van der Waals surface area contributed by atoms with E-state index >= 15 is 0 Å². The third kappa shape index (κ3) is 2.79. The lowest BCUT2D eigenvalue weighted by Gasteiger charge is -2.05. The minimum atomic E-state index is 0.522. The fourth-order valence-electron chi connectivity index (χ4n) is 2.18. The van der Waals surface area contributed by atoms with Crippen molar-refractivity contribution in [1.82, 2.24) is 15.0 Å². The Morgan fingerprint density at radius 2 is 1.77 bits per heavy atom. The Morgan fingerprint density at radius 3 is 2.45 bits per heavy atom. The first-order valence-corrected chi connectivity index (χ1v) is 7.29. The van der Waals surface area contributed by atoms with Crippen molar-refractivity contribution in [3.63, 3.8) is 0 Å². The van der Waals surface area contributed by atoms with Gasteiger partial charge in [-0.25, -0.2) is 0 Å². The van der Waals surface area contributed by atoms with Crippen molar-refractivity contribution >= 4 is 5.82 Å². The van der Waals surface area contributed by atoms with E-state index in [1.165, 1.54) is 0 Å². The van der Waals surface area contributed by atoms with Crippen molar-refractivity contribution in [2.24, 2.45) is 0 Å². The maximum absolute atomic E-state index is 6.19. The van der Waals surface area contributed by atoms with Crippen LogP contribution in [0.3, 0.4) is 0 Å². The van der Waals surface area contributed by atoms with E-state index in [0.717, 1.165) is 23.4 Å². The second-order valence-corrected chi connectivity index (χ2v) is 4.94. The molecule has 3 rings (SSSR count). The molecule has 0 atom stereocenters. The second kappa shape index (κ2) is 6.30. The summed E-state index contributed by atoms with van der Waals surface area (Å²) < 4.78 is 7.21. The van der Waals surface area contributed by atoms with E-state index in [4.69, 9.17) is 10.5 Å². The van der Waals surface area contributed by atoms with Crippen LogP contribution in [0.25, 0.3) is 16.9 Å². The van der Waals surface area contributed by atoms with Crippen molar-refractivity contribution < 1.29 is 4.74 Å². The number of para-hydroxylation sites is 1. The van der Waals surface area contributed by atoms with Gasteiger partial charge >= 0.3 is 0 Å². The summed E-state index contributed by atoms with van der Waals surface area (Å²) in [5, 5.41) is 8.35. The summed E-state index contributed by atoms with van der Waals surface area (Å²) in [5.74, 6) is 1.37. The first-order chi connectivity index (χ1) is 10.8. The maximum atomic E-state index is 6.19. The first kappa shape index (κ1) is 14.1. The van der Waals surface area contributed by atoms with Gasteiger partial charge in [0.05, 0.1) is 12.3 Å². The molecular weight excluding hydrogens is 276 g/mol. The summed E-state index contributed by atoms with van der Waals surface area (Å²) in [7, 11) is 0. The number of nitrogens with two attached hydrogens (primary N) is 1. The van der Waals surface area contributed by atoms with Crippen molar-refractivity contribution in [2.45, 2.75) is 13.3 Å². The topological polar surface area (TPSA) is 66.0 Å². The van der Waals surface area contributed by atoms with Crippen molar-refractivity contribution in [3.05, 3.63) is 54.6 Å². The zero-order chi connectivity index (χ0) is 15.4. The number of benzene rings is 2. The average Bonchev–Trinajstić information content (AvgIpc) is 2.96. The van der Waals surface area contributed by atoms with Crippen LogP contribution in [-0.4, -0.2) is 21.6 Å². The van der Waals surface area contributed by atoms with Crippen LogP contribution in [0, 0.1) is 0 Å². The maximum Gasteiger partial charge on any atom is 0.155 e. The Bertz CT molecular complexity index is 735. The molecule has 22 heavy (non-hydrogen) atoms. The average molecular weight is 294 g/mol. The second-order valence-electron chi connectivity index (χ2n) is 4.94. The van der Waals surface area contributed by atoms with Crippen LogP contribution in [0.5, 0.6) is 5.75 Å². The molecule has 0 radical (unpaired) electrons. The highest BCUT2D eigenvalue weighted by atomic mass is 16.5. The molecule has 0 saturated carbocycles. The molecular formula is C17H18N4O. The minimum Gasteiger partial charge on any atom is -0.494 e. The van der Waals surface area contributed by atoms with Crippen LogP contribution in [0.4, 0.5) is 5.82 Å². The van der Waals surface area contributed by atoms with E-state index in [9.17, 15) is 0 Å². The molecule has 0 fully saturated rings. The van der Waals surface area contributed by atoms with Crippen LogP contribution >= 0.6 is 0 Å². The van der Waals surface area contributed by atoms with Crippen molar-refractivity contribution in [1.29, 1.82) is 0 Å². The molecule has 2 N–H and O–H groups in total. The van der Waals surface area contributed by atoms with E-state index in [1.807, 2.05) is 54.6 Å². The largest absolute Gasteiger partial charge is 0.494 e. The minimum absolute atomic E-state index is 0.522. The Balaban J connectivity index is 1.88. The summed E-state index contributed by atoms with van der Waals surface area (Å²) in [6.45, 7) is 2.79. The number of hydrogen-bond acceptors (Lipinski definition) is 4. The predicted octanol–water partition coefficient (Wildman–Crippen LogP) is 3.31.